The fraction of sp³-hybridized carbons (Fsp3) is 0.643. The maximum Gasteiger partial charge on any atom is 0.226 e. The van der Waals surface area contributed by atoms with E-state index in [1.807, 2.05) is 12.4 Å². The molecule has 1 unspecified atom stereocenters. The molecule has 1 N–H and O–H groups in total. The van der Waals surface area contributed by atoms with Crippen molar-refractivity contribution in [2.45, 2.75) is 45.3 Å². The van der Waals surface area contributed by atoms with E-state index >= 15 is 0 Å². The second-order valence-corrected chi connectivity index (χ2v) is 6.11. The van der Waals surface area contributed by atoms with Gasteiger partial charge in [-0.15, -0.1) is 11.3 Å². The van der Waals surface area contributed by atoms with E-state index in [0.29, 0.717) is 6.04 Å². The van der Waals surface area contributed by atoms with Crippen LogP contribution in [0, 0.1) is 0 Å². The standard InChI is InChI=1S/C14H21N5OS/c1-2-14-17-13(18-20-14)8-19-5-3-4-11(7-19)15-6-12-9-21-10-16-12/h9-11,15H,2-8H2,1H3. The van der Waals surface area contributed by atoms with E-state index in [4.69, 9.17) is 4.52 Å². The highest BCUT2D eigenvalue weighted by Crippen LogP contribution is 2.13. The quantitative estimate of drug-likeness (QED) is 0.878. The number of piperidine rings is 1. The third-order valence-corrected chi connectivity index (χ3v) is 4.37. The zero-order chi connectivity index (χ0) is 14.5. The van der Waals surface area contributed by atoms with E-state index in [9.17, 15) is 0 Å². The number of likely N-dealkylation sites (tertiary alicyclic amines) is 1. The minimum Gasteiger partial charge on any atom is -0.339 e. The topological polar surface area (TPSA) is 67.1 Å². The van der Waals surface area contributed by atoms with Crippen molar-refractivity contribution in [3.63, 3.8) is 0 Å². The molecule has 0 aromatic carbocycles. The van der Waals surface area contributed by atoms with Crippen molar-refractivity contribution in [3.05, 3.63) is 28.3 Å². The van der Waals surface area contributed by atoms with Gasteiger partial charge in [-0.2, -0.15) is 4.98 Å². The molecule has 0 radical (unpaired) electrons. The Labute approximate surface area is 128 Å². The Morgan fingerprint density at radius 3 is 3.24 bits per heavy atom. The first-order valence-electron chi connectivity index (χ1n) is 7.47. The summed E-state index contributed by atoms with van der Waals surface area (Å²) in [4.78, 5) is 11.1. The molecule has 2 aromatic rings. The molecule has 2 aromatic heterocycles. The van der Waals surface area contributed by atoms with Gasteiger partial charge in [0.2, 0.25) is 5.89 Å². The monoisotopic (exact) mass is 307 g/mol. The van der Waals surface area contributed by atoms with Crippen molar-refractivity contribution in [2.75, 3.05) is 13.1 Å². The zero-order valence-corrected chi connectivity index (χ0v) is 13.1. The molecule has 0 spiro atoms. The number of aryl methyl sites for hydroxylation is 1. The van der Waals surface area contributed by atoms with Gasteiger partial charge in [0.25, 0.3) is 0 Å². The SMILES string of the molecule is CCc1nc(CN2CCCC(NCc3cscn3)C2)no1. The van der Waals surface area contributed by atoms with Crippen molar-refractivity contribution in [2.24, 2.45) is 0 Å². The predicted octanol–water partition coefficient (Wildman–Crippen LogP) is 1.84. The van der Waals surface area contributed by atoms with Crippen LogP contribution in [0.15, 0.2) is 15.4 Å². The number of hydrogen-bond acceptors (Lipinski definition) is 7. The molecule has 21 heavy (non-hydrogen) atoms. The largest absolute Gasteiger partial charge is 0.339 e. The molecule has 1 fully saturated rings. The van der Waals surface area contributed by atoms with Gasteiger partial charge in [-0.1, -0.05) is 12.1 Å². The Morgan fingerprint density at radius 1 is 1.52 bits per heavy atom. The van der Waals surface area contributed by atoms with Crippen molar-refractivity contribution in [1.29, 1.82) is 0 Å². The van der Waals surface area contributed by atoms with Gasteiger partial charge in [-0.3, -0.25) is 4.90 Å². The lowest BCUT2D eigenvalue weighted by molar-refractivity contribution is 0.177. The highest BCUT2D eigenvalue weighted by Gasteiger charge is 2.21. The van der Waals surface area contributed by atoms with Gasteiger partial charge < -0.3 is 9.84 Å². The van der Waals surface area contributed by atoms with Gasteiger partial charge in [-0.25, -0.2) is 4.98 Å². The van der Waals surface area contributed by atoms with Crippen molar-refractivity contribution < 1.29 is 4.52 Å². The average Bonchev–Trinajstić information content (AvgIpc) is 3.17. The summed E-state index contributed by atoms with van der Waals surface area (Å²) in [5.41, 5.74) is 3.01. The number of aromatic nitrogens is 3. The summed E-state index contributed by atoms with van der Waals surface area (Å²) in [5, 5.41) is 9.73. The second kappa shape index (κ2) is 7.11. The first-order valence-corrected chi connectivity index (χ1v) is 8.42. The van der Waals surface area contributed by atoms with Crippen molar-refractivity contribution in [3.8, 4) is 0 Å². The molecular weight excluding hydrogens is 286 g/mol. The van der Waals surface area contributed by atoms with Gasteiger partial charge >= 0.3 is 0 Å². The summed E-state index contributed by atoms with van der Waals surface area (Å²) < 4.78 is 5.17. The third-order valence-electron chi connectivity index (χ3n) is 3.74. The Kier molecular flexibility index (Phi) is 4.95. The van der Waals surface area contributed by atoms with Crippen LogP contribution in [0.4, 0.5) is 0 Å². The molecule has 1 aliphatic rings. The summed E-state index contributed by atoms with van der Waals surface area (Å²) >= 11 is 1.64. The molecule has 3 heterocycles. The highest BCUT2D eigenvalue weighted by molar-refractivity contribution is 7.07. The van der Waals surface area contributed by atoms with Crippen LogP contribution in [-0.2, 0) is 19.5 Å². The van der Waals surface area contributed by atoms with Crippen LogP contribution in [0.25, 0.3) is 0 Å². The number of rotatable bonds is 6. The number of nitrogens with one attached hydrogen (secondary N) is 1. The van der Waals surface area contributed by atoms with Crippen LogP contribution >= 0.6 is 11.3 Å². The zero-order valence-electron chi connectivity index (χ0n) is 12.3. The molecule has 0 amide bonds. The van der Waals surface area contributed by atoms with Gasteiger partial charge in [0.05, 0.1) is 17.7 Å². The Morgan fingerprint density at radius 2 is 2.48 bits per heavy atom. The lowest BCUT2D eigenvalue weighted by Crippen LogP contribution is -2.45. The van der Waals surface area contributed by atoms with Crippen molar-refractivity contribution in [1.82, 2.24) is 25.3 Å². The van der Waals surface area contributed by atoms with Gasteiger partial charge in [-0.05, 0) is 19.4 Å². The highest BCUT2D eigenvalue weighted by atomic mass is 32.1. The lowest BCUT2D eigenvalue weighted by Gasteiger charge is -2.32. The summed E-state index contributed by atoms with van der Waals surface area (Å²) in [5.74, 6) is 1.52. The minimum absolute atomic E-state index is 0.512. The van der Waals surface area contributed by atoms with Gasteiger partial charge in [0, 0.05) is 30.9 Å². The molecule has 0 saturated carbocycles. The molecule has 1 saturated heterocycles. The maximum absolute atomic E-state index is 5.17. The van der Waals surface area contributed by atoms with E-state index < -0.39 is 0 Å². The minimum atomic E-state index is 0.512. The lowest BCUT2D eigenvalue weighted by atomic mass is 10.1. The summed E-state index contributed by atoms with van der Waals surface area (Å²) in [7, 11) is 0. The Hall–Kier alpha value is -1.31. The summed E-state index contributed by atoms with van der Waals surface area (Å²) in [6.07, 6.45) is 3.21. The molecule has 1 aliphatic heterocycles. The van der Waals surface area contributed by atoms with E-state index in [-0.39, 0.29) is 0 Å². The van der Waals surface area contributed by atoms with Crippen LogP contribution in [0.1, 0.15) is 37.2 Å². The predicted molar refractivity (Wildman–Crippen MR) is 80.9 cm³/mol. The van der Waals surface area contributed by atoms with E-state index in [1.165, 1.54) is 12.8 Å². The number of thiazole rings is 1. The van der Waals surface area contributed by atoms with E-state index in [1.54, 1.807) is 11.3 Å². The molecule has 6 nitrogen and oxygen atoms in total. The first-order chi connectivity index (χ1) is 10.3. The maximum atomic E-state index is 5.17. The molecule has 1 atom stereocenters. The molecule has 114 valence electrons. The number of hydrogen-bond donors (Lipinski definition) is 1. The van der Waals surface area contributed by atoms with Crippen LogP contribution < -0.4 is 5.32 Å². The van der Waals surface area contributed by atoms with Crippen LogP contribution in [0.5, 0.6) is 0 Å². The van der Waals surface area contributed by atoms with Crippen LogP contribution in [0.2, 0.25) is 0 Å². The van der Waals surface area contributed by atoms with Crippen LogP contribution in [-0.4, -0.2) is 39.2 Å². The fourth-order valence-corrected chi connectivity index (χ4v) is 3.20. The summed E-state index contributed by atoms with van der Waals surface area (Å²) in [6, 6.07) is 0.512. The van der Waals surface area contributed by atoms with Gasteiger partial charge in [0.1, 0.15) is 0 Å². The molecule has 3 rings (SSSR count). The molecule has 0 bridgehead atoms. The summed E-state index contributed by atoms with van der Waals surface area (Å²) in [6.45, 7) is 5.78. The molecule has 0 aliphatic carbocycles. The van der Waals surface area contributed by atoms with Crippen molar-refractivity contribution >= 4 is 11.3 Å². The Balaban J connectivity index is 1.48. The average molecular weight is 307 g/mol. The third kappa shape index (κ3) is 4.09. The molecular formula is C14H21N5OS. The van der Waals surface area contributed by atoms with E-state index in [2.05, 4.69) is 30.7 Å². The second-order valence-electron chi connectivity index (χ2n) is 5.39. The van der Waals surface area contributed by atoms with Gasteiger partial charge in [0.15, 0.2) is 5.82 Å². The van der Waals surface area contributed by atoms with Crippen LogP contribution in [0.3, 0.4) is 0 Å². The normalized spacial score (nSPS) is 20.0. The Bertz CT molecular complexity index is 541. The smallest absolute Gasteiger partial charge is 0.226 e. The molecule has 7 heteroatoms. The number of nitrogens with zero attached hydrogens (tertiary/aromatic N) is 4. The first kappa shape index (κ1) is 14.6. The fourth-order valence-electron chi connectivity index (χ4n) is 2.64. The van der Waals surface area contributed by atoms with E-state index in [0.717, 1.165) is 50.0 Å².